The van der Waals surface area contributed by atoms with E-state index in [4.69, 9.17) is 19.9 Å². The molecule has 1 atom stereocenters. The third kappa shape index (κ3) is 4.09. The van der Waals surface area contributed by atoms with Gasteiger partial charge in [0.1, 0.15) is 17.4 Å². The molecule has 1 aromatic heterocycles. The van der Waals surface area contributed by atoms with Crippen LogP contribution >= 0.6 is 0 Å². The molecule has 3 N–H and O–H groups in total. The van der Waals surface area contributed by atoms with Crippen molar-refractivity contribution in [2.75, 3.05) is 20.3 Å². The van der Waals surface area contributed by atoms with E-state index in [0.717, 1.165) is 12.1 Å². The van der Waals surface area contributed by atoms with Crippen molar-refractivity contribution < 1.29 is 19.3 Å². The first-order valence-electron chi connectivity index (χ1n) is 10.3. The number of aliphatic hydroxyl groups excluding tert-OH is 1. The number of nitrogens with zero attached hydrogens (tertiary/aromatic N) is 2. The number of methoxy groups -OCH3 is 1. The molecule has 0 fully saturated rings. The monoisotopic (exact) mass is 425 g/mol. The number of nitrogens with two attached hydrogens (primary N) is 1. The van der Waals surface area contributed by atoms with Crippen molar-refractivity contribution in [3.05, 3.63) is 62.9 Å². The van der Waals surface area contributed by atoms with Crippen molar-refractivity contribution in [2.45, 2.75) is 39.2 Å². The number of ether oxygens (including phenoxy) is 3. The largest absolute Gasteiger partial charge is 0.493 e. The Morgan fingerprint density at radius 3 is 2.68 bits per heavy atom. The van der Waals surface area contributed by atoms with Gasteiger partial charge in [-0.25, -0.2) is 0 Å². The summed E-state index contributed by atoms with van der Waals surface area (Å²) in [6, 6.07) is 9.14. The van der Waals surface area contributed by atoms with Gasteiger partial charge in [0.2, 0.25) is 5.88 Å². The molecule has 8 heteroatoms. The molecule has 31 heavy (non-hydrogen) atoms. The molecule has 0 radical (unpaired) electrons. The second-order valence-corrected chi connectivity index (χ2v) is 7.11. The molecule has 1 aliphatic rings. The molecule has 0 amide bonds. The minimum absolute atomic E-state index is 0.0328. The van der Waals surface area contributed by atoms with Gasteiger partial charge in [0.25, 0.3) is 5.56 Å². The van der Waals surface area contributed by atoms with Crippen molar-refractivity contribution in [2.24, 2.45) is 5.73 Å². The van der Waals surface area contributed by atoms with E-state index in [9.17, 15) is 15.2 Å². The number of nitriles is 1. The zero-order valence-electron chi connectivity index (χ0n) is 18.0. The summed E-state index contributed by atoms with van der Waals surface area (Å²) in [5, 5.41) is 19.3. The number of hydrogen-bond donors (Lipinski definition) is 2. The third-order valence-corrected chi connectivity index (χ3v) is 5.22. The van der Waals surface area contributed by atoms with E-state index in [1.807, 2.05) is 13.8 Å². The van der Waals surface area contributed by atoms with Crippen LogP contribution in [0.15, 0.2) is 40.5 Å². The van der Waals surface area contributed by atoms with Crippen LogP contribution in [0.25, 0.3) is 0 Å². The van der Waals surface area contributed by atoms with Crippen LogP contribution in [-0.2, 0) is 13.0 Å². The molecule has 0 spiro atoms. The quantitative estimate of drug-likeness (QED) is 0.666. The highest BCUT2D eigenvalue weighted by atomic mass is 16.5. The second kappa shape index (κ2) is 9.58. The molecule has 2 aromatic rings. The minimum atomic E-state index is -0.730. The van der Waals surface area contributed by atoms with E-state index in [0.29, 0.717) is 41.4 Å². The van der Waals surface area contributed by atoms with Gasteiger partial charge in [-0.1, -0.05) is 19.4 Å². The van der Waals surface area contributed by atoms with Crippen LogP contribution in [0, 0.1) is 11.3 Å². The van der Waals surface area contributed by atoms with Gasteiger partial charge in [-0.15, -0.1) is 0 Å². The standard InChI is InChI=1S/C23H27N3O5/c1-4-6-15-12-19-21(23(28)26(15)9-10-27)20(16(13-24)22(25)31-19)14-7-8-17(30-5-2)18(11-14)29-3/h7-8,11-12,20,27H,4-6,9-10,25H2,1-3H3. The van der Waals surface area contributed by atoms with Gasteiger partial charge in [0.05, 0.1) is 31.8 Å². The molecule has 0 saturated heterocycles. The fraction of sp³-hybridized carbons (Fsp3) is 0.391. The average molecular weight is 425 g/mol. The lowest BCUT2D eigenvalue weighted by atomic mass is 9.83. The smallest absolute Gasteiger partial charge is 0.258 e. The molecule has 0 bridgehead atoms. The number of hydrogen-bond acceptors (Lipinski definition) is 7. The van der Waals surface area contributed by atoms with E-state index in [1.165, 1.54) is 7.11 Å². The van der Waals surface area contributed by atoms with Crippen LogP contribution in [0.5, 0.6) is 17.2 Å². The van der Waals surface area contributed by atoms with Crippen LogP contribution in [0.4, 0.5) is 0 Å². The van der Waals surface area contributed by atoms with Gasteiger partial charge in [-0.2, -0.15) is 5.26 Å². The summed E-state index contributed by atoms with van der Waals surface area (Å²) in [5.74, 6) is 0.618. The highest BCUT2D eigenvalue weighted by Crippen LogP contribution is 2.42. The summed E-state index contributed by atoms with van der Waals surface area (Å²) < 4.78 is 18.3. The van der Waals surface area contributed by atoms with Gasteiger partial charge in [-0.05, 0) is 31.0 Å². The fourth-order valence-corrected chi connectivity index (χ4v) is 3.90. The predicted octanol–water partition coefficient (Wildman–Crippen LogP) is 2.42. The molecule has 2 heterocycles. The highest BCUT2D eigenvalue weighted by Gasteiger charge is 2.35. The van der Waals surface area contributed by atoms with E-state index in [1.54, 1.807) is 28.8 Å². The Balaban J connectivity index is 2.27. The van der Waals surface area contributed by atoms with Gasteiger partial charge < -0.3 is 29.6 Å². The lowest BCUT2D eigenvalue weighted by molar-refractivity contribution is 0.271. The Hall–Kier alpha value is -3.44. The number of aryl methyl sites for hydroxylation is 1. The number of rotatable bonds is 8. The first kappa shape index (κ1) is 22.2. The molecule has 3 rings (SSSR count). The Labute approximate surface area is 181 Å². The van der Waals surface area contributed by atoms with Crippen LogP contribution in [0.3, 0.4) is 0 Å². The normalized spacial score (nSPS) is 15.1. The molecule has 164 valence electrons. The topological polar surface area (TPSA) is 120 Å². The summed E-state index contributed by atoms with van der Waals surface area (Å²) in [5.41, 5.74) is 7.63. The molecule has 8 nitrogen and oxygen atoms in total. The van der Waals surface area contributed by atoms with Crippen molar-refractivity contribution in [3.8, 4) is 23.3 Å². The average Bonchev–Trinajstić information content (AvgIpc) is 2.76. The van der Waals surface area contributed by atoms with Gasteiger partial charge in [0.15, 0.2) is 11.5 Å². The summed E-state index contributed by atoms with van der Waals surface area (Å²) in [6.45, 7) is 4.32. The third-order valence-electron chi connectivity index (χ3n) is 5.22. The molecule has 1 unspecified atom stereocenters. The first-order chi connectivity index (χ1) is 15.0. The highest BCUT2D eigenvalue weighted by molar-refractivity contribution is 5.57. The van der Waals surface area contributed by atoms with E-state index in [2.05, 4.69) is 6.07 Å². The molecule has 1 aliphatic heterocycles. The van der Waals surface area contributed by atoms with Crippen molar-refractivity contribution in [1.29, 1.82) is 5.26 Å². The number of allylic oxidation sites excluding steroid dienone is 1. The molecule has 1 aromatic carbocycles. The number of benzene rings is 1. The van der Waals surface area contributed by atoms with E-state index in [-0.39, 0.29) is 30.2 Å². The van der Waals surface area contributed by atoms with Gasteiger partial charge >= 0.3 is 0 Å². The lowest BCUT2D eigenvalue weighted by Gasteiger charge is -2.28. The number of pyridine rings is 1. The van der Waals surface area contributed by atoms with Crippen LogP contribution in [-0.4, -0.2) is 30.0 Å². The SMILES string of the molecule is CCCc1cc2c(c(=O)n1CCO)C(c1ccc(OCC)c(OC)c1)C(C#N)=C(N)O2. The predicted molar refractivity (Wildman–Crippen MR) is 115 cm³/mol. The summed E-state index contributed by atoms with van der Waals surface area (Å²) >= 11 is 0. The summed E-state index contributed by atoms with van der Waals surface area (Å²) in [6.07, 6.45) is 1.46. The maximum Gasteiger partial charge on any atom is 0.258 e. The number of aromatic nitrogens is 1. The Morgan fingerprint density at radius 2 is 2.06 bits per heavy atom. The Morgan fingerprint density at radius 1 is 1.29 bits per heavy atom. The molecular formula is C23H27N3O5. The van der Waals surface area contributed by atoms with Crippen molar-refractivity contribution >= 4 is 0 Å². The van der Waals surface area contributed by atoms with Gasteiger partial charge in [-0.3, -0.25) is 4.79 Å². The summed E-state index contributed by atoms with van der Waals surface area (Å²) in [7, 11) is 1.53. The summed E-state index contributed by atoms with van der Waals surface area (Å²) in [4.78, 5) is 13.5. The van der Waals surface area contributed by atoms with Crippen molar-refractivity contribution in [3.63, 3.8) is 0 Å². The maximum absolute atomic E-state index is 13.5. The molecule has 0 aliphatic carbocycles. The zero-order valence-corrected chi connectivity index (χ0v) is 18.0. The second-order valence-electron chi connectivity index (χ2n) is 7.11. The van der Waals surface area contributed by atoms with E-state index < -0.39 is 5.92 Å². The van der Waals surface area contributed by atoms with E-state index >= 15 is 0 Å². The molecule has 0 saturated carbocycles. The fourth-order valence-electron chi connectivity index (χ4n) is 3.90. The van der Waals surface area contributed by atoms with Crippen LogP contribution in [0.2, 0.25) is 0 Å². The number of fused-ring (bicyclic) bond motifs is 1. The van der Waals surface area contributed by atoms with Crippen molar-refractivity contribution in [1.82, 2.24) is 4.57 Å². The van der Waals surface area contributed by atoms with Gasteiger partial charge in [0, 0.05) is 18.3 Å². The molecular weight excluding hydrogens is 398 g/mol. The zero-order chi connectivity index (χ0) is 22.5. The van der Waals surface area contributed by atoms with Crippen LogP contribution < -0.4 is 25.5 Å². The number of aliphatic hydroxyl groups is 1. The minimum Gasteiger partial charge on any atom is -0.493 e. The lowest BCUT2D eigenvalue weighted by Crippen LogP contribution is -2.34. The maximum atomic E-state index is 13.5. The van der Waals surface area contributed by atoms with Crippen LogP contribution in [0.1, 0.15) is 43.0 Å². The Kier molecular flexibility index (Phi) is 6.88. The Bertz CT molecular complexity index is 1100. The first-order valence-corrected chi connectivity index (χ1v) is 10.3.